The number of hydrogen-bond acceptors (Lipinski definition) is 6. The van der Waals surface area contributed by atoms with Gasteiger partial charge in [0.15, 0.2) is 11.5 Å². The van der Waals surface area contributed by atoms with Crippen LogP contribution in [-0.2, 0) is 11.3 Å². The second-order valence-corrected chi connectivity index (χ2v) is 9.36. The number of nitrogens with zero attached hydrogens (tertiary/aromatic N) is 4. The van der Waals surface area contributed by atoms with Crippen molar-refractivity contribution in [2.75, 3.05) is 29.9 Å². The summed E-state index contributed by atoms with van der Waals surface area (Å²) in [4.78, 5) is 38.1. The topological polar surface area (TPSA) is 89.3 Å². The van der Waals surface area contributed by atoms with Gasteiger partial charge in [0.05, 0.1) is 24.8 Å². The SMILES string of the molecule is CCOc1ccccc1NC(=O)[C@H]1CCCN(c2nc3cccnc3n(Cc3ccc(C)cc3)c2=O)C1. The maximum atomic E-state index is 13.7. The Hall–Kier alpha value is -4.20. The Kier molecular flexibility index (Phi) is 7.16. The highest BCUT2D eigenvalue weighted by Gasteiger charge is 2.29. The Morgan fingerprint density at radius 3 is 2.73 bits per heavy atom. The molecule has 4 aromatic rings. The van der Waals surface area contributed by atoms with Crippen LogP contribution in [0.1, 0.15) is 30.9 Å². The lowest BCUT2D eigenvalue weighted by Gasteiger charge is -2.32. The van der Waals surface area contributed by atoms with Crippen molar-refractivity contribution in [1.82, 2.24) is 14.5 Å². The number of anilines is 2. The number of aromatic nitrogens is 3. The van der Waals surface area contributed by atoms with Gasteiger partial charge in [-0.05, 0) is 56.5 Å². The first-order valence-corrected chi connectivity index (χ1v) is 12.7. The number of piperidine rings is 1. The van der Waals surface area contributed by atoms with Crippen LogP contribution >= 0.6 is 0 Å². The summed E-state index contributed by atoms with van der Waals surface area (Å²) in [5, 5.41) is 3.03. The van der Waals surface area contributed by atoms with Gasteiger partial charge in [0, 0.05) is 19.3 Å². The number of carbonyl (C=O) groups excluding carboxylic acids is 1. The first-order chi connectivity index (χ1) is 18.0. The molecule has 0 aliphatic carbocycles. The van der Waals surface area contributed by atoms with Gasteiger partial charge in [-0.25, -0.2) is 9.97 Å². The van der Waals surface area contributed by atoms with Gasteiger partial charge in [-0.2, -0.15) is 0 Å². The van der Waals surface area contributed by atoms with Crippen molar-refractivity contribution in [3.05, 3.63) is 88.3 Å². The monoisotopic (exact) mass is 497 g/mol. The number of ether oxygens (including phenoxy) is 1. The summed E-state index contributed by atoms with van der Waals surface area (Å²) in [7, 11) is 0. The third kappa shape index (κ3) is 5.33. The second kappa shape index (κ2) is 10.8. The van der Waals surface area contributed by atoms with E-state index in [4.69, 9.17) is 9.72 Å². The molecular formula is C29H31N5O3. The number of amides is 1. The minimum atomic E-state index is -0.278. The fourth-order valence-electron chi connectivity index (χ4n) is 4.76. The molecule has 5 rings (SSSR count). The minimum absolute atomic E-state index is 0.0840. The predicted molar refractivity (Wildman–Crippen MR) is 145 cm³/mol. The number of nitrogens with one attached hydrogen (secondary N) is 1. The van der Waals surface area contributed by atoms with Gasteiger partial charge >= 0.3 is 0 Å². The van der Waals surface area contributed by atoms with Crippen LogP contribution in [-0.4, -0.2) is 40.1 Å². The molecule has 2 aromatic carbocycles. The van der Waals surface area contributed by atoms with Gasteiger partial charge in [-0.1, -0.05) is 42.0 Å². The van der Waals surface area contributed by atoms with Gasteiger partial charge in [-0.3, -0.25) is 14.2 Å². The highest BCUT2D eigenvalue weighted by molar-refractivity contribution is 5.94. The van der Waals surface area contributed by atoms with Gasteiger partial charge in [0.1, 0.15) is 11.3 Å². The molecule has 3 heterocycles. The van der Waals surface area contributed by atoms with Crippen LogP contribution in [0.2, 0.25) is 0 Å². The zero-order valence-corrected chi connectivity index (χ0v) is 21.2. The Morgan fingerprint density at radius 1 is 1.11 bits per heavy atom. The van der Waals surface area contributed by atoms with E-state index in [2.05, 4.69) is 10.3 Å². The maximum Gasteiger partial charge on any atom is 0.295 e. The van der Waals surface area contributed by atoms with Crippen molar-refractivity contribution < 1.29 is 9.53 Å². The van der Waals surface area contributed by atoms with Crippen molar-refractivity contribution >= 4 is 28.6 Å². The van der Waals surface area contributed by atoms with E-state index in [-0.39, 0.29) is 17.4 Å². The van der Waals surface area contributed by atoms with Crippen molar-refractivity contribution in [2.45, 2.75) is 33.2 Å². The van der Waals surface area contributed by atoms with Crippen LogP contribution < -0.4 is 20.5 Å². The Morgan fingerprint density at radius 2 is 1.92 bits per heavy atom. The van der Waals surface area contributed by atoms with Gasteiger partial charge in [0.2, 0.25) is 5.91 Å². The molecule has 2 aromatic heterocycles. The fraction of sp³-hybridized carbons (Fsp3) is 0.310. The summed E-state index contributed by atoms with van der Waals surface area (Å²) in [5.41, 5.74) is 3.84. The van der Waals surface area contributed by atoms with Crippen molar-refractivity contribution in [3.63, 3.8) is 0 Å². The van der Waals surface area contributed by atoms with Crippen LogP contribution in [0.25, 0.3) is 11.2 Å². The molecule has 190 valence electrons. The lowest BCUT2D eigenvalue weighted by Crippen LogP contribution is -2.44. The maximum absolute atomic E-state index is 13.7. The first-order valence-electron chi connectivity index (χ1n) is 12.7. The van der Waals surface area contributed by atoms with Gasteiger partial charge < -0.3 is 15.0 Å². The highest BCUT2D eigenvalue weighted by atomic mass is 16.5. The highest BCUT2D eigenvalue weighted by Crippen LogP contribution is 2.27. The number of rotatable bonds is 7. The lowest BCUT2D eigenvalue weighted by atomic mass is 9.97. The molecule has 37 heavy (non-hydrogen) atoms. The molecule has 0 bridgehead atoms. The van der Waals surface area contributed by atoms with Crippen molar-refractivity contribution in [2.24, 2.45) is 5.92 Å². The van der Waals surface area contributed by atoms with E-state index in [0.717, 1.165) is 24.0 Å². The van der Waals surface area contributed by atoms with E-state index in [9.17, 15) is 9.59 Å². The molecule has 1 atom stereocenters. The average molecular weight is 498 g/mol. The van der Waals surface area contributed by atoms with Crippen LogP contribution in [0.15, 0.2) is 71.7 Å². The number of pyridine rings is 1. The summed E-state index contributed by atoms with van der Waals surface area (Å²) in [6, 6.07) is 19.2. The molecule has 0 radical (unpaired) electrons. The standard InChI is InChI=1S/C29H31N5O3/c1-3-37-25-11-5-4-9-23(25)32-28(35)22-8-7-17-33(19-22)27-29(36)34(18-21-14-12-20(2)13-15-21)26-24(31-27)10-6-16-30-26/h4-6,9-16,22H,3,7-8,17-19H2,1-2H3,(H,32,35)/t22-/m0/s1. The fourth-order valence-corrected chi connectivity index (χ4v) is 4.76. The number of fused-ring (bicyclic) bond motifs is 1. The summed E-state index contributed by atoms with van der Waals surface area (Å²) >= 11 is 0. The van der Waals surface area contributed by atoms with E-state index >= 15 is 0 Å². The molecule has 1 aliphatic heterocycles. The molecule has 1 fully saturated rings. The summed E-state index contributed by atoms with van der Waals surface area (Å²) in [5.74, 6) is 0.646. The third-order valence-corrected chi connectivity index (χ3v) is 6.68. The van der Waals surface area contributed by atoms with Gasteiger partial charge in [0.25, 0.3) is 5.56 Å². The Labute approximate surface area is 215 Å². The molecule has 0 saturated carbocycles. The van der Waals surface area contributed by atoms with E-state index in [1.807, 2.05) is 79.4 Å². The lowest BCUT2D eigenvalue weighted by molar-refractivity contribution is -0.120. The van der Waals surface area contributed by atoms with Crippen LogP contribution in [0.4, 0.5) is 11.5 Å². The molecule has 0 spiro atoms. The molecule has 1 saturated heterocycles. The molecule has 1 aliphatic rings. The number of benzene rings is 2. The summed E-state index contributed by atoms with van der Waals surface area (Å²) in [6.45, 7) is 5.94. The quantitative estimate of drug-likeness (QED) is 0.407. The minimum Gasteiger partial charge on any atom is -0.492 e. The van der Waals surface area contributed by atoms with Crippen LogP contribution in [0, 0.1) is 12.8 Å². The molecule has 0 unspecified atom stereocenters. The number of carbonyl (C=O) groups is 1. The van der Waals surface area contributed by atoms with E-state index in [1.54, 1.807) is 10.8 Å². The number of hydrogen-bond donors (Lipinski definition) is 1. The zero-order chi connectivity index (χ0) is 25.8. The van der Waals surface area contributed by atoms with E-state index in [0.29, 0.717) is 54.7 Å². The van der Waals surface area contributed by atoms with Crippen LogP contribution in [0.5, 0.6) is 5.75 Å². The molecule has 8 heteroatoms. The van der Waals surface area contributed by atoms with E-state index < -0.39 is 0 Å². The summed E-state index contributed by atoms with van der Waals surface area (Å²) < 4.78 is 7.34. The molecule has 1 amide bonds. The van der Waals surface area contributed by atoms with Gasteiger partial charge in [-0.15, -0.1) is 0 Å². The molecule has 8 nitrogen and oxygen atoms in total. The van der Waals surface area contributed by atoms with Crippen molar-refractivity contribution in [1.29, 1.82) is 0 Å². The molecular weight excluding hydrogens is 466 g/mol. The Bertz CT molecular complexity index is 1460. The zero-order valence-electron chi connectivity index (χ0n) is 21.2. The second-order valence-electron chi connectivity index (χ2n) is 9.36. The first kappa shape index (κ1) is 24.5. The smallest absolute Gasteiger partial charge is 0.295 e. The number of para-hydroxylation sites is 2. The normalized spacial score (nSPS) is 15.5. The van der Waals surface area contributed by atoms with Crippen LogP contribution in [0.3, 0.4) is 0 Å². The van der Waals surface area contributed by atoms with E-state index in [1.165, 1.54) is 0 Å². The third-order valence-electron chi connectivity index (χ3n) is 6.68. The Balaban J connectivity index is 1.43. The predicted octanol–water partition coefficient (Wildman–Crippen LogP) is 4.40. The summed E-state index contributed by atoms with van der Waals surface area (Å²) in [6.07, 6.45) is 3.21. The number of aryl methyl sites for hydroxylation is 1. The molecule has 1 N–H and O–H groups in total. The van der Waals surface area contributed by atoms with Crippen molar-refractivity contribution in [3.8, 4) is 5.75 Å². The largest absolute Gasteiger partial charge is 0.492 e. The average Bonchev–Trinajstić information content (AvgIpc) is 2.92.